The van der Waals surface area contributed by atoms with Gasteiger partial charge in [0.1, 0.15) is 0 Å². The zero-order valence-electron chi connectivity index (χ0n) is 10.3. The standard InChI is InChI=1S/C13H27N/c1-4-12(3)14(5-2)11-13-9-7-6-8-10-13/h12-13H,4-11H2,1-3H3. The lowest BCUT2D eigenvalue weighted by molar-refractivity contribution is 0.161. The molecule has 0 aromatic rings. The van der Waals surface area contributed by atoms with Crippen LogP contribution in [0.5, 0.6) is 0 Å². The van der Waals surface area contributed by atoms with Gasteiger partial charge < -0.3 is 4.90 Å². The minimum atomic E-state index is 0.780. The summed E-state index contributed by atoms with van der Waals surface area (Å²) in [5.74, 6) is 0.998. The fourth-order valence-electron chi connectivity index (χ4n) is 2.58. The molecule has 0 aromatic heterocycles. The van der Waals surface area contributed by atoms with Crippen molar-refractivity contribution in [3.63, 3.8) is 0 Å². The maximum atomic E-state index is 2.66. The van der Waals surface area contributed by atoms with Gasteiger partial charge in [-0.25, -0.2) is 0 Å². The van der Waals surface area contributed by atoms with E-state index in [9.17, 15) is 0 Å². The first kappa shape index (κ1) is 12.0. The molecule has 0 saturated heterocycles. The van der Waals surface area contributed by atoms with Crippen LogP contribution in [0.2, 0.25) is 0 Å². The predicted molar refractivity (Wildman–Crippen MR) is 63.6 cm³/mol. The van der Waals surface area contributed by atoms with E-state index in [1.807, 2.05) is 0 Å². The summed E-state index contributed by atoms with van der Waals surface area (Å²) in [6, 6.07) is 0.780. The first-order chi connectivity index (χ1) is 6.77. The number of rotatable bonds is 5. The van der Waals surface area contributed by atoms with Crippen molar-refractivity contribution in [2.45, 2.75) is 65.3 Å². The Bertz CT molecular complexity index is 138. The molecule has 1 aliphatic rings. The molecule has 1 heteroatoms. The normalized spacial score (nSPS) is 21.4. The second kappa shape index (κ2) is 6.44. The van der Waals surface area contributed by atoms with Gasteiger partial charge in [-0.15, -0.1) is 0 Å². The van der Waals surface area contributed by atoms with Crippen molar-refractivity contribution >= 4 is 0 Å². The third kappa shape index (κ3) is 3.61. The lowest BCUT2D eigenvalue weighted by Gasteiger charge is -2.32. The molecule has 1 unspecified atom stereocenters. The monoisotopic (exact) mass is 197 g/mol. The quantitative estimate of drug-likeness (QED) is 0.650. The Balaban J connectivity index is 2.30. The molecule has 0 amide bonds. The average Bonchev–Trinajstić information content (AvgIpc) is 2.26. The van der Waals surface area contributed by atoms with Crippen LogP contribution in [0.25, 0.3) is 0 Å². The molecule has 1 saturated carbocycles. The molecule has 0 spiro atoms. The minimum Gasteiger partial charge on any atom is -0.301 e. The molecule has 84 valence electrons. The van der Waals surface area contributed by atoms with Crippen molar-refractivity contribution in [1.29, 1.82) is 0 Å². The smallest absolute Gasteiger partial charge is 0.00643 e. The molecule has 1 fully saturated rings. The van der Waals surface area contributed by atoms with E-state index < -0.39 is 0 Å². The molecule has 1 rings (SSSR count). The molecular formula is C13H27N. The van der Waals surface area contributed by atoms with Crippen LogP contribution in [-0.2, 0) is 0 Å². The highest BCUT2D eigenvalue weighted by Crippen LogP contribution is 2.25. The van der Waals surface area contributed by atoms with Crippen LogP contribution in [-0.4, -0.2) is 24.0 Å². The van der Waals surface area contributed by atoms with Gasteiger partial charge in [-0.05, 0) is 38.6 Å². The van der Waals surface area contributed by atoms with Gasteiger partial charge in [0.2, 0.25) is 0 Å². The highest BCUT2D eigenvalue weighted by molar-refractivity contribution is 4.72. The molecule has 0 N–H and O–H groups in total. The maximum Gasteiger partial charge on any atom is 0.00643 e. The lowest BCUT2D eigenvalue weighted by Crippen LogP contribution is -2.37. The Morgan fingerprint density at radius 3 is 2.29 bits per heavy atom. The van der Waals surface area contributed by atoms with E-state index in [-0.39, 0.29) is 0 Å². The first-order valence-corrected chi connectivity index (χ1v) is 6.52. The fraction of sp³-hybridized carbons (Fsp3) is 1.00. The third-order valence-electron chi connectivity index (χ3n) is 3.84. The first-order valence-electron chi connectivity index (χ1n) is 6.52. The van der Waals surface area contributed by atoms with Crippen molar-refractivity contribution < 1.29 is 0 Å². The Morgan fingerprint density at radius 1 is 1.14 bits per heavy atom. The van der Waals surface area contributed by atoms with E-state index in [0.29, 0.717) is 0 Å². The Hall–Kier alpha value is -0.0400. The maximum absolute atomic E-state index is 2.66. The lowest BCUT2D eigenvalue weighted by atomic mass is 9.88. The van der Waals surface area contributed by atoms with Crippen LogP contribution in [0.3, 0.4) is 0 Å². The molecular weight excluding hydrogens is 170 g/mol. The summed E-state index contributed by atoms with van der Waals surface area (Å²) in [5, 5.41) is 0. The topological polar surface area (TPSA) is 3.24 Å². The van der Waals surface area contributed by atoms with Gasteiger partial charge >= 0.3 is 0 Å². The molecule has 0 aliphatic heterocycles. The van der Waals surface area contributed by atoms with Crippen LogP contribution in [0, 0.1) is 5.92 Å². The summed E-state index contributed by atoms with van der Waals surface area (Å²) < 4.78 is 0. The largest absolute Gasteiger partial charge is 0.301 e. The molecule has 0 radical (unpaired) electrons. The second-order valence-electron chi connectivity index (χ2n) is 4.85. The highest BCUT2D eigenvalue weighted by atomic mass is 15.1. The van der Waals surface area contributed by atoms with Crippen molar-refractivity contribution in [3.8, 4) is 0 Å². The van der Waals surface area contributed by atoms with Gasteiger partial charge in [0.15, 0.2) is 0 Å². The Labute approximate surface area is 89.9 Å². The van der Waals surface area contributed by atoms with Gasteiger partial charge in [-0.1, -0.05) is 33.1 Å². The molecule has 1 atom stereocenters. The summed E-state index contributed by atoms with van der Waals surface area (Å²) >= 11 is 0. The summed E-state index contributed by atoms with van der Waals surface area (Å²) in [7, 11) is 0. The van der Waals surface area contributed by atoms with Crippen LogP contribution in [0.4, 0.5) is 0 Å². The predicted octanol–water partition coefficient (Wildman–Crippen LogP) is 3.69. The van der Waals surface area contributed by atoms with Crippen LogP contribution in [0.15, 0.2) is 0 Å². The van der Waals surface area contributed by atoms with Gasteiger partial charge in [-0.3, -0.25) is 0 Å². The minimum absolute atomic E-state index is 0.780. The van der Waals surface area contributed by atoms with Crippen molar-refractivity contribution in [2.75, 3.05) is 13.1 Å². The summed E-state index contributed by atoms with van der Waals surface area (Å²) in [4.78, 5) is 2.66. The molecule has 0 heterocycles. The Kier molecular flexibility index (Phi) is 5.54. The number of nitrogens with zero attached hydrogens (tertiary/aromatic N) is 1. The van der Waals surface area contributed by atoms with Gasteiger partial charge in [0.25, 0.3) is 0 Å². The average molecular weight is 197 g/mol. The summed E-state index contributed by atoms with van der Waals surface area (Å²) in [5.41, 5.74) is 0. The van der Waals surface area contributed by atoms with Crippen molar-refractivity contribution in [1.82, 2.24) is 4.90 Å². The number of hydrogen-bond acceptors (Lipinski definition) is 1. The van der Waals surface area contributed by atoms with Gasteiger partial charge in [0.05, 0.1) is 0 Å². The van der Waals surface area contributed by atoms with Crippen LogP contribution < -0.4 is 0 Å². The van der Waals surface area contributed by atoms with E-state index in [2.05, 4.69) is 25.7 Å². The molecule has 0 bridgehead atoms. The number of hydrogen-bond donors (Lipinski definition) is 0. The van der Waals surface area contributed by atoms with E-state index in [1.165, 1.54) is 51.6 Å². The molecule has 1 aliphatic carbocycles. The van der Waals surface area contributed by atoms with Crippen molar-refractivity contribution in [3.05, 3.63) is 0 Å². The zero-order valence-corrected chi connectivity index (χ0v) is 10.3. The Morgan fingerprint density at radius 2 is 1.79 bits per heavy atom. The molecule has 14 heavy (non-hydrogen) atoms. The summed E-state index contributed by atoms with van der Waals surface area (Å²) in [6.07, 6.45) is 8.68. The van der Waals surface area contributed by atoms with Crippen LogP contribution >= 0.6 is 0 Å². The molecule has 0 aromatic carbocycles. The van der Waals surface area contributed by atoms with E-state index in [4.69, 9.17) is 0 Å². The van der Waals surface area contributed by atoms with E-state index in [1.54, 1.807) is 0 Å². The second-order valence-corrected chi connectivity index (χ2v) is 4.85. The SMILES string of the molecule is CCC(C)N(CC)CC1CCCCC1. The van der Waals surface area contributed by atoms with Crippen LogP contribution in [0.1, 0.15) is 59.3 Å². The summed E-state index contributed by atoms with van der Waals surface area (Å²) in [6.45, 7) is 9.55. The van der Waals surface area contributed by atoms with Gasteiger partial charge in [-0.2, -0.15) is 0 Å². The van der Waals surface area contributed by atoms with Crippen molar-refractivity contribution in [2.24, 2.45) is 5.92 Å². The van der Waals surface area contributed by atoms with E-state index in [0.717, 1.165) is 12.0 Å². The zero-order chi connectivity index (χ0) is 10.4. The molecule has 1 nitrogen and oxygen atoms in total. The fourth-order valence-corrected chi connectivity index (χ4v) is 2.58. The highest BCUT2D eigenvalue weighted by Gasteiger charge is 2.18. The van der Waals surface area contributed by atoms with E-state index >= 15 is 0 Å². The van der Waals surface area contributed by atoms with Gasteiger partial charge in [0, 0.05) is 12.6 Å². The third-order valence-corrected chi connectivity index (χ3v) is 3.84.